The van der Waals surface area contributed by atoms with Crippen LogP contribution in [0.1, 0.15) is 11.1 Å². The smallest absolute Gasteiger partial charge is 0.263 e. The Morgan fingerprint density at radius 2 is 1.84 bits per heavy atom. The third-order valence-electron chi connectivity index (χ3n) is 4.37. The Labute approximate surface area is 149 Å². The molecule has 0 saturated carbocycles. The zero-order valence-electron chi connectivity index (χ0n) is 13.5. The Balaban J connectivity index is 1.60. The molecular formula is C18H15ClN4O2. The minimum atomic E-state index is -0.784. The maximum Gasteiger partial charge on any atom is 0.263 e. The summed E-state index contributed by atoms with van der Waals surface area (Å²) in [5, 5.41) is 10.2. The lowest BCUT2D eigenvalue weighted by Crippen LogP contribution is -2.39. The zero-order chi connectivity index (χ0) is 17.6. The molecule has 0 radical (unpaired) electrons. The Kier molecular flexibility index (Phi) is 3.77. The van der Waals surface area contributed by atoms with Crippen molar-refractivity contribution >= 4 is 29.1 Å². The van der Waals surface area contributed by atoms with E-state index in [-0.39, 0.29) is 11.8 Å². The standard InChI is InChI=1S/C18H15ClN4O2/c1-11-3-2-4-12(9-11)10-22-16-15(20-21-22)17(24)23(18(16)25)14-7-5-13(19)6-8-14/h2-9,15-16H,10H2,1H3. The van der Waals surface area contributed by atoms with E-state index in [2.05, 4.69) is 10.3 Å². The number of anilines is 1. The first-order valence-corrected chi connectivity index (χ1v) is 8.29. The van der Waals surface area contributed by atoms with Gasteiger partial charge in [-0.3, -0.25) is 14.6 Å². The van der Waals surface area contributed by atoms with Crippen molar-refractivity contribution in [2.45, 2.75) is 25.6 Å². The lowest BCUT2D eigenvalue weighted by atomic mass is 10.1. The topological polar surface area (TPSA) is 65.3 Å². The quantitative estimate of drug-likeness (QED) is 0.795. The highest BCUT2D eigenvalue weighted by Gasteiger charge is 2.54. The highest BCUT2D eigenvalue weighted by molar-refractivity contribution is 6.31. The molecule has 126 valence electrons. The molecule has 2 aromatic carbocycles. The van der Waals surface area contributed by atoms with Crippen molar-refractivity contribution in [3.63, 3.8) is 0 Å². The van der Waals surface area contributed by atoms with Gasteiger partial charge in [-0.05, 0) is 36.8 Å². The second-order valence-electron chi connectivity index (χ2n) is 6.17. The van der Waals surface area contributed by atoms with Crippen molar-refractivity contribution < 1.29 is 9.59 Å². The SMILES string of the molecule is Cc1cccc(CN2N=NC3C(=O)N(c4ccc(Cl)cc4)C(=O)C32)c1. The summed E-state index contributed by atoms with van der Waals surface area (Å²) >= 11 is 5.88. The van der Waals surface area contributed by atoms with E-state index in [0.29, 0.717) is 17.3 Å². The van der Waals surface area contributed by atoms with Crippen molar-refractivity contribution in [2.24, 2.45) is 10.3 Å². The number of nitrogens with zero attached hydrogens (tertiary/aromatic N) is 4. The first-order chi connectivity index (χ1) is 12.0. The van der Waals surface area contributed by atoms with Gasteiger partial charge >= 0.3 is 0 Å². The van der Waals surface area contributed by atoms with Crippen LogP contribution in [0, 0.1) is 6.92 Å². The second-order valence-corrected chi connectivity index (χ2v) is 6.61. The first kappa shape index (κ1) is 15.8. The van der Waals surface area contributed by atoms with E-state index in [0.717, 1.165) is 11.1 Å². The molecule has 1 fully saturated rings. The molecule has 4 rings (SSSR count). The molecule has 2 atom stereocenters. The Hall–Kier alpha value is -2.73. The summed E-state index contributed by atoms with van der Waals surface area (Å²) in [4.78, 5) is 26.7. The average Bonchev–Trinajstić information content (AvgIpc) is 3.10. The number of aryl methyl sites for hydroxylation is 1. The minimum Gasteiger partial charge on any atom is -0.271 e. The fourth-order valence-electron chi connectivity index (χ4n) is 3.20. The van der Waals surface area contributed by atoms with Crippen LogP contribution in [0.25, 0.3) is 0 Å². The number of imide groups is 1. The molecule has 6 nitrogen and oxygen atoms in total. The monoisotopic (exact) mass is 354 g/mol. The predicted octanol–water partition coefficient (Wildman–Crippen LogP) is 3.14. The van der Waals surface area contributed by atoms with Gasteiger partial charge in [-0.1, -0.05) is 46.7 Å². The van der Waals surface area contributed by atoms with Crippen LogP contribution in [0.2, 0.25) is 5.02 Å². The second kappa shape index (κ2) is 5.97. The average molecular weight is 355 g/mol. The predicted molar refractivity (Wildman–Crippen MR) is 93.1 cm³/mol. The lowest BCUT2D eigenvalue weighted by molar-refractivity contribution is -0.123. The minimum absolute atomic E-state index is 0.310. The molecule has 1 saturated heterocycles. The van der Waals surface area contributed by atoms with Crippen LogP contribution in [0.5, 0.6) is 0 Å². The van der Waals surface area contributed by atoms with Crippen molar-refractivity contribution in [3.8, 4) is 0 Å². The number of carbonyl (C=O) groups excluding carboxylic acids is 2. The van der Waals surface area contributed by atoms with Gasteiger partial charge in [-0.15, -0.1) is 0 Å². The van der Waals surface area contributed by atoms with Crippen molar-refractivity contribution in [2.75, 3.05) is 4.90 Å². The lowest BCUT2D eigenvalue weighted by Gasteiger charge is -2.20. The summed E-state index contributed by atoms with van der Waals surface area (Å²) in [6.07, 6.45) is 0. The van der Waals surface area contributed by atoms with Gasteiger partial charge in [-0.25, -0.2) is 4.90 Å². The fraction of sp³-hybridized carbons (Fsp3) is 0.222. The summed E-state index contributed by atoms with van der Waals surface area (Å²) in [7, 11) is 0. The molecule has 2 aliphatic rings. The van der Waals surface area contributed by atoms with E-state index in [9.17, 15) is 9.59 Å². The number of hydrogen-bond donors (Lipinski definition) is 0. The number of amides is 2. The summed E-state index contributed by atoms with van der Waals surface area (Å²) < 4.78 is 0. The maximum absolute atomic E-state index is 12.9. The van der Waals surface area contributed by atoms with Crippen molar-refractivity contribution in [1.82, 2.24) is 5.01 Å². The van der Waals surface area contributed by atoms with Crippen molar-refractivity contribution in [1.29, 1.82) is 0 Å². The summed E-state index contributed by atoms with van der Waals surface area (Å²) in [5.74, 6) is -0.664. The zero-order valence-corrected chi connectivity index (χ0v) is 14.2. The third-order valence-corrected chi connectivity index (χ3v) is 4.62. The molecule has 2 aliphatic heterocycles. The molecule has 7 heteroatoms. The molecule has 2 heterocycles. The van der Waals surface area contributed by atoms with Crippen LogP contribution in [0.15, 0.2) is 58.9 Å². The molecule has 0 spiro atoms. The largest absolute Gasteiger partial charge is 0.271 e. The number of halogens is 1. The van der Waals surface area contributed by atoms with E-state index < -0.39 is 12.1 Å². The van der Waals surface area contributed by atoms with Crippen LogP contribution in [0.4, 0.5) is 5.69 Å². The molecule has 0 N–H and O–H groups in total. The summed E-state index contributed by atoms with van der Waals surface area (Å²) in [6.45, 7) is 2.43. The maximum atomic E-state index is 12.9. The van der Waals surface area contributed by atoms with Crippen LogP contribution in [-0.2, 0) is 16.1 Å². The van der Waals surface area contributed by atoms with E-state index in [1.807, 2.05) is 31.2 Å². The van der Waals surface area contributed by atoms with Gasteiger partial charge < -0.3 is 0 Å². The molecule has 25 heavy (non-hydrogen) atoms. The molecule has 0 aromatic heterocycles. The van der Waals surface area contributed by atoms with Gasteiger partial charge in [0.2, 0.25) is 0 Å². The van der Waals surface area contributed by atoms with E-state index >= 15 is 0 Å². The van der Waals surface area contributed by atoms with Gasteiger partial charge in [0, 0.05) is 5.02 Å². The molecule has 2 amide bonds. The number of rotatable bonds is 3. The molecular weight excluding hydrogens is 340 g/mol. The number of fused-ring (bicyclic) bond motifs is 1. The van der Waals surface area contributed by atoms with Crippen molar-refractivity contribution in [3.05, 3.63) is 64.7 Å². The molecule has 0 aliphatic carbocycles. The van der Waals surface area contributed by atoms with Crippen LogP contribution in [0.3, 0.4) is 0 Å². The van der Waals surface area contributed by atoms with Gasteiger partial charge in [-0.2, -0.15) is 5.11 Å². The van der Waals surface area contributed by atoms with E-state index in [1.165, 1.54) is 4.90 Å². The normalized spacial score (nSPS) is 22.0. The summed E-state index contributed by atoms with van der Waals surface area (Å²) in [5.41, 5.74) is 2.64. The van der Waals surface area contributed by atoms with Crippen LogP contribution < -0.4 is 4.90 Å². The van der Waals surface area contributed by atoms with Gasteiger partial charge in [0.05, 0.1) is 12.2 Å². The third kappa shape index (κ3) is 2.68. The Morgan fingerprint density at radius 3 is 2.56 bits per heavy atom. The number of hydrogen-bond acceptors (Lipinski definition) is 5. The Bertz CT molecular complexity index is 881. The number of benzene rings is 2. The highest BCUT2D eigenvalue weighted by Crippen LogP contribution is 2.33. The molecule has 2 unspecified atom stereocenters. The summed E-state index contributed by atoms with van der Waals surface area (Å²) in [6, 6.07) is 13.1. The fourth-order valence-corrected chi connectivity index (χ4v) is 3.32. The molecule has 0 bridgehead atoms. The van der Waals surface area contributed by atoms with Gasteiger partial charge in [0.15, 0.2) is 12.1 Å². The van der Waals surface area contributed by atoms with Gasteiger partial charge in [0.25, 0.3) is 11.8 Å². The molecule has 2 aromatic rings. The number of carbonyl (C=O) groups is 2. The van der Waals surface area contributed by atoms with Crippen LogP contribution >= 0.6 is 11.6 Å². The highest BCUT2D eigenvalue weighted by atomic mass is 35.5. The van der Waals surface area contributed by atoms with Gasteiger partial charge in [0.1, 0.15) is 0 Å². The van der Waals surface area contributed by atoms with Crippen LogP contribution in [-0.4, -0.2) is 28.9 Å². The first-order valence-electron chi connectivity index (χ1n) is 7.91. The Morgan fingerprint density at radius 1 is 1.08 bits per heavy atom. The van der Waals surface area contributed by atoms with E-state index in [4.69, 9.17) is 11.6 Å². The van der Waals surface area contributed by atoms with E-state index in [1.54, 1.807) is 29.3 Å².